The van der Waals surface area contributed by atoms with Crippen molar-refractivity contribution in [3.05, 3.63) is 72.8 Å². The van der Waals surface area contributed by atoms with Gasteiger partial charge in [0.15, 0.2) is 6.10 Å². The predicted molar refractivity (Wildman–Crippen MR) is 120 cm³/mol. The van der Waals surface area contributed by atoms with Gasteiger partial charge in [0.1, 0.15) is 17.2 Å². The fourth-order valence-corrected chi connectivity index (χ4v) is 3.67. The Bertz CT molecular complexity index is 1210. The van der Waals surface area contributed by atoms with Gasteiger partial charge in [-0.1, -0.05) is 30.4 Å². The summed E-state index contributed by atoms with van der Waals surface area (Å²) in [5, 5.41) is 9.63. The Balaban J connectivity index is 1.90. The maximum atomic E-state index is 15.1. The number of hydrogen-bond acceptors (Lipinski definition) is 4. The second-order valence-electron chi connectivity index (χ2n) is 8.62. The normalized spacial score (nSPS) is 20.5. The average molecular weight is 591 g/mol. The lowest BCUT2D eigenvalue weighted by Crippen LogP contribution is -2.51. The molecule has 4 nitrogen and oxygen atoms in total. The van der Waals surface area contributed by atoms with Crippen LogP contribution in [-0.2, 0) is 0 Å². The fourth-order valence-electron chi connectivity index (χ4n) is 3.67. The van der Waals surface area contributed by atoms with E-state index in [1.807, 2.05) is 0 Å². The molecule has 40 heavy (non-hydrogen) atoms. The Labute approximate surface area is 219 Å². The lowest BCUT2D eigenvalue weighted by atomic mass is 9.84. The number of hydrogen-bond donors (Lipinski definition) is 1. The number of anilines is 1. The number of allylic oxidation sites excluding steroid dienone is 3. The van der Waals surface area contributed by atoms with Crippen LogP contribution in [0.2, 0.25) is 0 Å². The van der Waals surface area contributed by atoms with E-state index < -0.39 is 61.4 Å². The minimum absolute atomic E-state index is 0.178. The highest BCUT2D eigenvalue weighted by Crippen LogP contribution is 2.44. The van der Waals surface area contributed by atoms with Crippen LogP contribution in [0.5, 0.6) is 17.2 Å². The standard InChI is InChI=1S/C25H20F11NO3/c26-21(27)24(32,33)40-19-9-4-8-18(12-19)39-17-7-3-6-16(11-17)37(14-20(38)23(29,30)31)13-15-5-1-2-10-22(15,28)25(34,35)36/h1-12,15,20-21,38H,13-14H2. The first kappa shape index (κ1) is 31.0. The van der Waals surface area contributed by atoms with E-state index in [-0.39, 0.29) is 23.3 Å². The molecule has 3 atom stereocenters. The second-order valence-corrected chi connectivity index (χ2v) is 8.62. The zero-order valence-corrected chi connectivity index (χ0v) is 19.9. The van der Waals surface area contributed by atoms with E-state index in [1.54, 1.807) is 0 Å². The average Bonchev–Trinajstić information content (AvgIpc) is 2.83. The molecule has 0 aliphatic heterocycles. The molecule has 2 aromatic carbocycles. The predicted octanol–water partition coefficient (Wildman–Crippen LogP) is 7.46. The summed E-state index contributed by atoms with van der Waals surface area (Å²) < 4.78 is 156. The van der Waals surface area contributed by atoms with Gasteiger partial charge in [-0.2, -0.15) is 43.9 Å². The van der Waals surface area contributed by atoms with E-state index >= 15 is 4.39 Å². The molecule has 0 fully saturated rings. The smallest absolute Gasteiger partial charge is 0.457 e. The van der Waals surface area contributed by atoms with Crippen LogP contribution < -0.4 is 14.4 Å². The first-order valence-corrected chi connectivity index (χ1v) is 11.3. The number of nitrogens with zero attached hydrogens (tertiary/aromatic N) is 1. The van der Waals surface area contributed by atoms with Crippen molar-refractivity contribution in [2.45, 2.75) is 36.7 Å². The molecular formula is C25H20F11NO3. The van der Waals surface area contributed by atoms with Crippen LogP contribution in [0.4, 0.5) is 54.0 Å². The minimum Gasteiger partial charge on any atom is -0.457 e. The van der Waals surface area contributed by atoms with Crippen molar-refractivity contribution in [2.24, 2.45) is 5.92 Å². The first-order valence-electron chi connectivity index (χ1n) is 11.3. The number of ether oxygens (including phenoxy) is 2. The van der Waals surface area contributed by atoms with Crippen molar-refractivity contribution in [1.29, 1.82) is 0 Å². The van der Waals surface area contributed by atoms with E-state index in [0.717, 1.165) is 48.6 Å². The third kappa shape index (κ3) is 7.37. The van der Waals surface area contributed by atoms with Gasteiger partial charge in [0.25, 0.3) is 0 Å². The molecule has 0 spiro atoms. The largest absolute Gasteiger partial charge is 0.461 e. The highest BCUT2D eigenvalue weighted by atomic mass is 19.4. The Hall–Kier alpha value is -3.49. The lowest BCUT2D eigenvalue weighted by molar-refractivity contribution is -0.253. The summed E-state index contributed by atoms with van der Waals surface area (Å²) >= 11 is 0. The third-order valence-electron chi connectivity index (χ3n) is 5.69. The van der Waals surface area contributed by atoms with Crippen molar-refractivity contribution in [3.8, 4) is 17.2 Å². The molecule has 0 amide bonds. The number of benzene rings is 2. The van der Waals surface area contributed by atoms with Gasteiger partial charge in [-0.3, -0.25) is 0 Å². The van der Waals surface area contributed by atoms with E-state index in [2.05, 4.69) is 4.74 Å². The number of halogens is 11. The van der Waals surface area contributed by atoms with Gasteiger partial charge in [0.05, 0.1) is 6.54 Å². The lowest BCUT2D eigenvalue weighted by Gasteiger charge is -2.37. The van der Waals surface area contributed by atoms with Crippen molar-refractivity contribution in [3.63, 3.8) is 0 Å². The van der Waals surface area contributed by atoms with Crippen molar-refractivity contribution < 1.29 is 62.9 Å². The van der Waals surface area contributed by atoms with Crippen molar-refractivity contribution in [2.75, 3.05) is 18.0 Å². The molecule has 0 saturated carbocycles. The van der Waals surface area contributed by atoms with Crippen LogP contribution >= 0.6 is 0 Å². The van der Waals surface area contributed by atoms with Gasteiger partial charge in [0.2, 0.25) is 5.67 Å². The van der Waals surface area contributed by atoms with Crippen molar-refractivity contribution >= 4 is 5.69 Å². The first-order chi connectivity index (χ1) is 18.4. The molecule has 2 aromatic rings. The second kappa shape index (κ2) is 11.6. The van der Waals surface area contributed by atoms with Gasteiger partial charge in [-0.05, 0) is 30.3 Å². The quantitative estimate of drug-likeness (QED) is 0.292. The Morgan fingerprint density at radius 3 is 2.08 bits per heavy atom. The molecule has 0 saturated heterocycles. The summed E-state index contributed by atoms with van der Waals surface area (Å²) in [7, 11) is 0. The van der Waals surface area contributed by atoms with Gasteiger partial charge in [0, 0.05) is 30.3 Å². The maximum absolute atomic E-state index is 15.1. The van der Waals surface area contributed by atoms with Gasteiger partial charge < -0.3 is 19.5 Å². The van der Waals surface area contributed by atoms with E-state index in [1.165, 1.54) is 18.2 Å². The summed E-state index contributed by atoms with van der Waals surface area (Å²) in [6, 6.07) is 8.71. The molecule has 0 heterocycles. The van der Waals surface area contributed by atoms with Crippen LogP contribution in [0.15, 0.2) is 72.8 Å². The molecular weight excluding hydrogens is 571 g/mol. The Morgan fingerprint density at radius 2 is 1.48 bits per heavy atom. The zero-order valence-electron chi connectivity index (χ0n) is 19.9. The highest BCUT2D eigenvalue weighted by molar-refractivity contribution is 5.52. The summed E-state index contributed by atoms with van der Waals surface area (Å²) in [4.78, 5) is 0.683. The molecule has 0 radical (unpaired) electrons. The maximum Gasteiger partial charge on any atom is 0.461 e. The molecule has 220 valence electrons. The highest BCUT2D eigenvalue weighted by Gasteiger charge is 2.59. The number of alkyl halides is 11. The van der Waals surface area contributed by atoms with Crippen LogP contribution in [0.1, 0.15) is 0 Å². The number of aliphatic hydroxyl groups excluding tert-OH is 1. The molecule has 1 N–H and O–H groups in total. The number of aliphatic hydroxyl groups is 1. The molecule has 1 aliphatic rings. The third-order valence-corrected chi connectivity index (χ3v) is 5.69. The monoisotopic (exact) mass is 591 g/mol. The molecule has 1 aliphatic carbocycles. The van der Waals surface area contributed by atoms with Gasteiger partial charge >= 0.3 is 24.9 Å². The summed E-state index contributed by atoms with van der Waals surface area (Å²) in [5.41, 5.74) is -4.14. The summed E-state index contributed by atoms with van der Waals surface area (Å²) in [6.45, 7) is -2.24. The van der Waals surface area contributed by atoms with Gasteiger partial charge in [-0.15, -0.1) is 0 Å². The molecule has 0 aromatic heterocycles. The Morgan fingerprint density at radius 1 is 0.875 bits per heavy atom. The van der Waals surface area contributed by atoms with Crippen LogP contribution in [-0.4, -0.2) is 54.9 Å². The summed E-state index contributed by atoms with van der Waals surface area (Å²) in [5.74, 6) is -3.13. The van der Waals surface area contributed by atoms with Crippen LogP contribution in [0.25, 0.3) is 0 Å². The van der Waals surface area contributed by atoms with Crippen LogP contribution in [0.3, 0.4) is 0 Å². The topological polar surface area (TPSA) is 41.9 Å². The van der Waals surface area contributed by atoms with E-state index in [4.69, 9.17) is 4.74 Å². The molecule has 15 heteroatoms. The molecule has 0 bridgehead atoms. The van der Waals surface area contributed by atoms with Crippen LogP contribution in [0, 0.1) is 5.92 Å². The Kier molecular flexibility index (Phi) is 8.96. The minimum atomic E-state index is -5.41. The fraction of sp³-hybridized carbons (Fsp3) is 0.360. The van der Waals surface area contributed by atoms with Crippen molar-refractivity contribution in [1.82, 2.24) is 0 Å². The van der Waals surface area contributed by atoms with E-state index in [0.29, 0.717) is 4.90 Å². The SMILES string of the molecule is OC(CN(CC1C=CC=CC1(F)C(F)(F)F)c1cccc(Oc2cccc(OC(F)(F)C(F)F)c2)c1)C(F)(F)F. The zero-order chi connectivity index (χ0) is 29.9. The number of rotatable bonds is 10. The summed E-state index contributed by atoms with van der Waals surface area (Å²) in [6.07, 6.45) is -19.6. The van der Waals surface area contributed by atoms with Gasteiger partial charge in [-0.25, -0.2) is 4.39 Å². The van der Waals surface area contributed by atoms with E-state index in [9.17, 15) is 49.0 Å². The molecule has 3 unspecified atom stereocenters. The molecule has 3 rings (SSSR count).